The molecule has 1 aliphatic rings. The third-order valence-corrected chi connectivity index (χ3v) is 6.57. The normalized spacial score (nSPS) is 15.9. The molecule has 2 aromatic heterocycles. The Hall–Kier alpha value is -4.05. The van der Waals surface area contributed by atoms with Crippen LogP contribution in [0.4, 0.5) is 5.69 Å². The molecule has 1 unspecified atom stereocenters. The van der Waals surface area contributed by atoms with Crippen molar-refractivity contribution in [3.8, 4) is 5.69 Å². The van der Waals surface area contributed by atoms with E-state index in [0.29, 0.717) is 5.92 Å². The average Bonchev–Trinajstić information content (AvgIpc) is 3.17. The maximum atomic E-state index is 13.5. The monoisotopic (exact) mass is 431 g/mol. The Labute approximate surface area is 192 Å². The maximum Gasteiger partial charge on any atom is 0.259 e. The Bertz CT molecular complexity index is 1650. The number of para-hydroxylation sites is 2. The summed E-state index contributed by atoms with van der Waals surface area (Å²) in [4.78, 5) is 13.5. The van der Waals surface area contributed by atoms with Crippen LogP contribution in [-0.2, 0) is 7.05 Å². The van der Waals surface area contributed by atoms with E-state index in [1.165, 1.54) is 0 Å². The summed E-state index contributed by atoms with van der Waals surface area (Å²) in [6, 6.07) is 22.9. The fourth-order valence-corrected chi connectivity index (χ4v) is 5.07. The minimum Gasteiger partial charge on any atom is -0.357 e. The van der Waals surface area contributed by atoms with Crippen LogP contribution in [0.2, 0.25) is 0 Å². The number of nitrogens with one attached hydrogen (secondary N) is 1. The summed E-state index contributed by atoms with van der Waals surface area (Å²) in [7, 11) is 1.83. The van der Waals surface area contributed by atoms with Gasteiger partial charge < -0.3 is 14.5 Å². The Balaban J connectivity index is 1.70. The molecule has 0 radical (unpaired) electrons. The number of fused-ring (bicyclic) bond motifs is 5. The number of anilines is 1. The molecule has 4 nitrogen and oxygen atoms in total. The van der Waals surface area contributed by atoms with E-state index in [1.54, 1.807) is 4.57 Å². The first-order valence-corrected chi connectivity index (χ1v) is 11.4. The summed E-state index contributed by atoms with van der Waals surface area (Å²) >= 11 is 0. The van der Waals surface area contributed by atoms with E-state index >= 15 is 0 Å². The number of nitrogens with zero attached hydrogens (tertiary/aromatic N) is 2. The first kappa shape index (κ1) is 19.6. The molecule has 162 valence electrons. The molecule has 1 aliphatic carbocycles. The first-order valence-electron chi connectivity index (χ1n) is 11.4. The molecule has 1 N–H and O–H groups in total. The van der Waals surface area contributed by atoms with E-state index in [9.17, 15) is 4.79 Å². The Morgan fingerprint density at radius 1 is 0.879 bits per heavy atom. The quantitative estimate of drug-likeness (QED) is 0.353. The topological polar surface area (TPSA) is 39.0 Å². The third-order valence-electron chi connectivity index (χ3n) is 6.57. The summed E-state index contributed by atoms with van der Waals surface area (Å²) in [6.07, 6.45) is 9.31. The number of benzene rings is 3. The van der Waals surface area contributed by atoms with Gasteiger partial charge >= 0.3 is 0 Å². The van der Waals surface area contributed by atoms with Crippen molar-refractivity contribution >= 4 is 38.3 Å². The number of pyridine rings is 1. The van der Waals surface area contributed by atoms with E-state index in [4.69, 9.17) is 0 Å². The molecule has 2 heterocycles. The van der Waals surface area contributed by atoms with Crippen molar-refractivity contribution < 1.29 is 0 Å². The Morgan fingerprint density at radius 2 is 1.67 bits per heavy atom. The second kappa shape index (κ2) is 7.52. The maximum absolute atomic E-state index is 13.5. The summed E-state index contributed by atoms with van der Waals surface area (Å²) < 4.78 is 3.95. The van der Waals surface area contributed by atoms with Crippen molar-refractivity contribution in [1.82, 2.24) is 9.13 Å². The molecule has 33 heavy (non-hydrogen) atoms. The SMILES string of the molecule is CC1C=CC=C(Nc2cn(C)c(=O)c3c2ccc2c3c3ccccc3n2-c2ccccc2)C1. The van der Waals surface area contributed by atoms with Crippen molar-refractivity contribution in [2.45, 2.75) is 13.3 Å². The molecule has 0 amide bonds. The molecule has 0 saturated carbocycles. The van der Waals surface area contributed by atoms with Gasteiger partial charge in [-0.3, -0.25) is 4.79 Å². The zero-order valence-corrected chi connectivity index (χ0v) is 18.7. The lowest BCUT2D eigenvalue weighted by Gasteiger charge is -2.19. The molecule has 0 aliphatic heterocycles. The van der Waals surface area contributed by atoms with Crippen LogP contribution in [0, 0.1) is 5.92 Å². The number of aryl methyl sites for hydroxylation is 1. The zero-order valence-electron chi connectivity index (χ0n) is 18.7. The van der Waals surface area contributed by atoms with Gasteiger partial charge in [0.1, 0.15) is 0 Å². The van der Waals surface area contributed by atoms with Gasteiger partial charge in [-0.2, -0.15) is 0 Å². The molecule has 4 heteroatoms. The standard InChI is InChI=1S/C29H25N3O/c1-19-9-8-10-20(17-19)30-24-18-31(2)29(33)28-22(24)15-16-26-27(28)23-13-6-7-14-25(23)32(26)21-11-4-3-5-12-21/h3-16,18-19,30H,17H2,1-2H3. The minimum absolute atomic E-state index is 0.0167. The van der Waals surface area contributed by atoms with Crippen LogP contribution in [0.1, 0.15) is 13.3 Å². The third kappa shape index (κ3) is 3.10. The fraction of sp³-hybridized carbons (Fsp3) is 0.138. The fourth-order valence-electron chi connectivity index (χ4n) is 5.07. The number of hydrogen-bond acceptors (Lipinski definition) is 2. The van der Waals surface area contributed by atoms with Crippen LogP contribution in [0.3, 0.4) is 0 Å². The molecule has 0 fully saturated rings. The van der Waals surface area contributed by atoms with Crippen molar-refractivity contribution in [3.63, 3.8) is 0 Å². The van der Waals surface area contributed by atoms with Gasteiger partial charge in [0.15, 0.2) is 0 Å². The highest BCUT2D eigenvalue weighted by Gasteiger charge is 2.19. The molecule has 0 spiro atoms. The van der Waals surface area contributed by atoms with E-state index in [-0.39, 0.29) is 5.56 Å². The van der Waals surface area contributed by atoms with Crippen LogP contribution in [-0.4, -0.2) is 9.13 Å². The lowest BCUT2D eigenvalue weighted by molar-refractivity contribution is 0.710. The smallest absolute Gasteiger partial charge is 0.259 e. The van der Waals surface area contributed by atoms with Gasteiger partial charge in [0.2, 0.25) is 0 Å². The number of aromatic nitrogens is 2. The molecular weight excluding hydrogens is 406 g/mol. The highest BCUT2D eigenvalue weighted by Crippen LogP contribution is 2.37. The van der Waals surface area contributed by atoms with E-state index in [2.05, 4.69) is 77.5 Å². The van der Waals surface area contributed by atoms with Gasteiger partial charge in [-0.15, -0.1) is 0 Å². The summed E-state index contributed by atoms with van der Waals surface area (Å²) in [6.45, 7) is 2.21. The van der Waals surface area contributed by atoms with Gasteiger partial charge in [-0.05, 0) is 48.7 Å². The van der Waals surface area contributed by atoms with Gasteiger partial charge in [0.25, 0.3) is 5.56 Å². The molecule has 0 bridgehead atoms. The molecular formula is C29H25N3O. The Morgan fingerprint density at radius 3 is 2.48 bits per heavy atom. The van der Waals surface area contributed by atoms with Crippen LogP contribution in [0.5, 0.6) is 0 Å². The predicted molar refractivity (Wildman–Crippen MR) is 138 cm³/mol. The predicted octanol–water partition coefficient (Wildman–Crippen LogP) is 6.53. The van der Waals surface area contributed by atoms with Gasteiger partial charge in [0.05, 0.1) is 22.1 Å². The second-order valence-corrected chi connectivity index (χ2v) is 8.91. The highest BCUT2D eigenvalue weighted by atomic mass is 16.1. The van der Waals surface area contributed by atoms with Crippen molar-refractivity contribution in [2.75, 3.05) is 5.32 Å². The van der Waals surface area contributed by atoms with Crippen LogP contribution < -0.4 is 10.9 Å². The first-order chi connectivity index (χ1) is 16.1. The number of rotatable bonds is 3. The minimum atomic E-state index is 0.0167. The van der Waals surface area contributed by atoms with Crippen molar-refractivity contribution in [3.05, 3.63) is 107 Å². The number of hydrogen-bond donors (Lipinski definition) is 1. The van der Waals surface area contributed by atoms with E-state index < -0.39 is 0 Å². The van der Waals surface area contributed by atoms with Gasteiger partial charge in [-0.1, -0.05) is 55.5 Å². The van der Waals surface area contributed by atoms with Crippen molar-refractivity contribution in [1.29, 1.82) is 0 Å². The van der Waals surface area contributed by atoms with E-state index in [0.717, 1.165) is 56.1 Å². The lowest BCUT2D eigenvalue weighted by atomic mass is 9.99. The molecule has 6 rings (SSSR count). The summed E-state index contributed by atoms with van der Waals surface area (Å²) in [5, 5.41) is 7.41. The largest absolute Gasteiger partial charge is 0.357 e. The van der Waals surface area contributed by atoms with Gasteiger partial charge in [0, 0.05) is 40.8 Å². The van der Waals surface area contributed by atoms with Crippen LogP contribution in [0.15, 0.2) is 102 Å². The lowest BCUT2D eigenvalue weighted by Crippen LogP contribution is -2.18. The van der Waals surface area contributed by atoms with Crippen LogP contribution >= 0.6 is 0 Å². The van der Waals surface area contributed by atoms with E-state index in [1.807, 2.05) is 37.5 Å². The Kier molecular flexibility index (Phi) is 4.47. The second-order valence-electron chi connectivity index (χ2n) is 8.91. The van der Waals surface area contributed by atoms with Crippen LogP contribution in [0.25, 0.3) is 38.3 Å². The molecule has 1 atom stereocenters. The van der Waals surface area contributed by atoms with Gasteiger partial charge in [-0.25, -0.2) is 0 Å². The average molecular weight is 432 g/mol. The summed E-state index contributed by atoms with van der Waals surface area (Å²) in [5.41, 5.74) is 5.36. The molecule has 3 aromatic carbocycles. The van der Waals surface area contributed by atoms with Crippen molar-refractivity contribution in [2.24, 2.45) is 13.0 Å². The summed E-state index contributed by atoms with van der Waals surface area (Å²) in [5.74, 6) is 0.492. The zero-order chi connectivity index (χ0) is 22.5. The molecule has 0 saturated heterocycles. The highest BCUT2D eigenvalue weighted by molar-refractivity contribution is 6.22. The number of allylic oxidation sites excluding steroid dienone is 4. The molecule has 5 aromatic rings.